The molecule has 3 heterocycles. The summed E-state index contributed by atoms with van der Waals surface area (Å²) < 4.78 is 0. The molecule has 0 N–H and O–H groups in total. The van der Waals surface area contributed by atoms with Gasteiger partial charge in [0.05, 0.1) is 5.54 Å². The highest BCUT2D eigenvalue weighted by molar-refractivity contribution is 6.94. The lowest BCUT2D eigenvalue weighted by Gasteiger charge is -2.53. The number of nitrogens with zero attached hydrogens (tertiary/aromatic N) is 2. The first-order valence-electron chi connectivity index (χ1n) is 23.0. The van der Waals surface area contributed by atoms with E-state index in [1.807, 2.05) is 0 Å². The third-order valence-corrected chi connectivity index (χ3v) is 17.3. The highest BCUT2D eigenvalue weighted by Gasteiger charge is 2.62. The minimum atomic E-state index is -0.131. The fourth-order valence-electron chi connectivity index (χ4n) is 13.8. The van der Waals surface area contributed by atoms with E-state index in [-0.39, 0.29) is 34.0 Å². The molecule has 61 heavy (non-hydrogen) atoms. The van der Waals surface area contributed by atoms with Crippen LogP contribution in [0, 0.1) is 0 Å². The maximum atomic E-state index is 2.91. The average Bonchev–Trinajstić information content (AvgIpc) is 3.71. The van der Waals surface area contributed by atoms with Crippen molar-refractivity contribution in [2.75, 3.05) is 9.71 Å². The molecule has 0 spiro atoms. The fourth-order valence-corrected chi connectivity index (χ4v) is 13.8. The lowest BCUT2D eigenvalue weighted by atomic mass is 9.42. The molecule has 2 unspecified atom stereocenters. The molecule has 300 valence electrons. The smallest absolute Gasteiger partial charge is 0.333 e. The van der Waals surface area contributed by atoms with Gasteiger partial charge in [-0.3, -0.25) is 0 Å². The van der Waals surface area contributed by atoms with Crippen molar-refractivity contribution in [2.24, 2.45) is 0 Å². The molecule has 0 aromatic heterocycles. The van der Waals surface area contributed by atoms with Gasteiger partial charge in [0.1, 0.15) is 0 Å². The van der Waals surface area contributed by atoms with Crippen LogP contribution < -0.4 is 20.6 Å². The van der Waals surface area contributed by atoms with E-state index in [0.717, 1.165) is 0 Å². The first-order valence-corrected chi connectivity index (χ1v) is 23.0. The number of fused-ring (bicyclic) bond motifs is 15. The molecule has 1 saturated carbocycles. The van der Waals surface area contributed by atoms with Gasteiger partial charge in [0, 0.05) is 44.6 Å². The zero-order valence-corrected chi connectivity index (χ0v) is 37.3. The number of hydrogen-bond donors (Lipinski definition) is 0. The quantitative estimate of drug-likeness (QED) is 0.153. The molecule has 7 aromatic carbocycles. The third kappa shape index (κ3) is 4.22. The summed E-state index contributed by atoms with van der Waals surface area (Å²) in [5, 5.41) is 2.69. The summed E-state index contributed by atoms with van der Waals surface area (Å²) in [6.45, 7) is 22.2. The van der Waals surface area contributed by atoms with Gasteiger partial charge in [-0.25, -0.2) is 0 Å². The van der Waals surface area contributed by atoms with Crippen molar-refractivity contribution in [3.05, 3.63) is 155 Å². The Bertz CT molecular complexity index is 3140. The van der Waals surface area contributed by atoms with Gasteiger partial charge in [-0.2, -0.15) is 0 Å². The molecule has 0 bridgehead atoms. The minimum Gasteiger partial charge on any atom is -0.376 e. The average molecular weight is 791 g/mol. The van der Waals surface area contributed by atoms with Gasteiger partial charge in [-0.15, -0.1) is 0 Å². The van der Waals surface area contributed by atoms with Gasteiger partial charge < -0.3 is 9.71 Å². The van der Waals surface area contributed by atoms with Crippen LogP contribution in [-0.4, -0.2) is 12.4 Å². The molecule has 0 radical (unpaired) electrons. The van der Waals surface area contributed by atoms with Gasteiger partial charge in [0.15, 0.2) is 0 Å². The Balaban J connectivity index is 1.20. The number of hydrogen-bond acceptors (Lipinski definition) is 2. The second-order valence-electron chi connectivity index (χ2n) is 22.0. The van der Waals surface area contributed by atoms with Crippen molar-refractivity contribution in [3.63, 3.8) is 0 Å². The summed E-state index contributed by atoms with van der Waals surface area (Å²) in [6.07, 6.45) is 4.95. The Labute approximate surface area is 362 Å². The molecule has 2 atom stereocenters. The van der Waals surface area contributed by atoms with Crippen LogP contribution in [0.5, 0.6) is 0 Å². The molecule has 3 aliphatic carbocycles. The molecule has 0 amide bonds. The van der Waals surface area contributed by atoms with Gasteiger partial charge in [-0.1, -0.05) is 159 Å². The topological polar surface area (TPSA) is 6.48 Å². The molecule has 2 nitrogen and oxygen atoms in total. The van der Waals surface area contributed by atoms with Gasteiger partial charge in [-0.05, 0) is 138 Å². The Kier molecular flexibility index (Phi) is 6.69. The van der Waals surface area contributed by atoms with Crippen LogP contribution in [-0.2, 0) is 21.7 Å². The fraction of sp³-hybridized carbons (Fsp3) is 0.310. The van der Waals surface area contributed by atoms with Crippen molar-refractivity contribution in [1.82, 2.24) is 0 Å². The van der Waals surface area contributed by atoms with Gasteiger partial charge in [0.25, 0.3) is 0 Å². The predicted octanol–water partition coefficient (Wildman–Crippen LogP) is 13.7. The van der Waals surface area contributed by atoms with Crippen molar-refractivity contribution in [2.45, 2.75) is 115 Å². The lowest BCUT2D eigenvalue weighted by Crippen LogP contribution is -2.64. The summed E-state index contributed by atoms with van der Waals surface area (Å²) in [5.74, 6) is 0. The van der Waals surface area contributed by atoms with Crippen LogP contribution in [0.2, 0.25) is 0 Å². The van der Waals surface area contributed by atoms with Crippen molar-refractivity contribution >= 4 is 51.3 Å². The zero-order valence-electron chi connectivity index (χ0n) is 37.3. The van der Waals surface area contributed by atoms with E-state index < -0.39 is 0 Å². The Hall–Kier alpha value is -5.54. The van der Waals surface area contributed by atoms with Crippen LogP contribution >= 0.6 is 0 Å². The van der Waals surface area contributed by atoms with Crippen molar-refractivity contribution in [3.8, 4) is 33.4 Å². The molecular weight excluding hydrogens is 735 g/mol. The second kappa shape index (κ2) is 11.3. The normalized spacial score (nSPS) is 22.5. The Morgan fingerprint density at radius 1 is 0.541 bits per heavy atom. The first-order chi connectivity index (χ1) is 29.1. The van der Waals surface area contributed by atoms with E-state index in [0.29, 0.717) is 0 Å². The van der Waals surface area contributed by atoms with E-state index in [2.05, 4.69) is 193 Å². The maximum absolute atomic E-state index is 2.91. The van der Waals surface area contributed by atoms with E-state index in [1.165, 1.54) is 131 Å². The number of anilines is 4. The molecule has 0 saturated heterocycles. The summed E-state index contributed by atoms with van der Waals surface area (Å²) in [7, 11) is 0. The Morgan fingerprint density at radius 2 is 1.18 bits per heavy atom. The summed E-state index contributed by atoms with van der Waals surface area (Å²) >= 11 is 0. The SMILES string of the molecule is CC(C)(C)c1cc2c3c(c1)C1(C)CCCCC1(C)N3c1cc3ccccc3c3c1B2N(c1ccc2c(c1)C(C)(C)c1ccccc1-2)c1cc2c(cc1-3)-c1ccccc1C2(C)C. The van der Waals surface area contributed by atoms with E-state index >= 15 is 0 Å². The second-order valence-corrected chi connectivity index (χ2v) is 22.0. The minimum absolute atomic E-state index is 0.00965. The standard InChI is InChI=1S/C58H55BN2/c1-54(2,3)35-29-47-53-48(30-35)59-52-50(60(53)58(9)27-17-16-26-57(47,58)8)28-34-18-10-11-19-37(34)51(52)42-32-41-39-21-13-15-23-44(39)56(6,7)46(41)33-49(42)61(59)36-24-25-40-38-20-12-14-22-43(38)55(4,5)45(40)31-36/h10-15,18-25,28-33H,16-17,26-27H2,1-9H3. The van der Waals surface area contributed by atoms with E-state index in [9.17, 15) is 0 Å². The molecule has 6 aliphatic rings. The highest BCUT2D eigenvalue weighted by atomic mass is 15.3. The predicted molar refractivity (Wildman–Crippen MR) is 260 cm³/mol. The number of benzene rings is 7. The third-order valence-electron chi connectivity index (χ3n) is 17.3. The molecule has 1 fully saturated rings. The monoisotopic (exact) mass is 790 g/mol. The van der Waals surface area contributed by atoms with Gasteiger partial charge in [0.2, 0.25) is 0 Å². The largest absolute Gasteiger partial charge is 0.376 e. The van der Waals surface area contributed by atoms with Crippen LogP contribution in [0.4, 0.5) is 22.7 Å². The molecule has 13 rings (SSSR count). The molecule has 7 aromatic rings. The van der Waals surface area contributed by atoms with Crippen LogP contribution in [0.25, 0.3) is 44.2 Å². The van der Waals surface area contributed by atoms with Gasteiger partial charge >= 0.3 is 6.85 Å². The van der Waals surface area contributed by atoms with E-state index in [4.69, 9.17) is 0 Å². The lowest BCUT2D eigenvalue weighted by molar-refractivity contribution is 0.195. The molecular formula is C58H55BN2. The number of rotatable bonds is 1. The Morgan fingerprint density at radius 3 is 1.92 bits per heavy atom. The van der Waals surface area contributed by atoms with Crippen LogP contribution in [0.3, 0.4) is 0 Å². The summed E-state index contributed by atoms with van der Waals surface area (Å²) in [6, 6.07) is 48.2. The van der Waals surface area contributed by atoms with Crippen molar-refractivity contribution in [1.29, 1.82) is 0 Å². The van der Waals surface area contributed by atoms with Crippen LogP contribution in [0.15, 0.2) is 121 Å². The van der Waals surface area contributed by atoms with Crippen molar-refractivity contribution < 1.29 is 0 Å². The summed E-state index contributed by atoms with van der Waals surface area (Å²) in [5.41, 5.74) is 25.1. The zero-order chi connectivity index (χ0) is 41.7. The molecule has 3 aliphatic heterocycles. The first kappa shape index (κ1) is 36.1. The van der Waals surface area contributed by atoms with Crippen LogP contribution in [0.1, 0.15) is 121 Å². The van der Waals surface area contributed by atoms with E-state index in [1.54, 1.807) is 5.56 Å². The summed E-state index contributed by atoms with van der Waals surface area (Å²) in [4.78, 5) is 5.73. The molecule has 3 heteroatoms. The maximum Gasteiger partial charge on any atom is 0.333 e. The highest BCUT2D eigenvalue weighted by Crippen LogP contribution is 2.64.